The van der Waals surface area contributed by atoms with Crippen molar-refractivity contribution >= 4 is 23.2 Å². The Kier molecular flexibility index (Phi) is 5.69. The van der Waals surface area contributed by atoms with Crippen molar-refractivity contribution in [3.8, 4) is 0 Å². The zero-order chi connectivity index (χ0) is 15.2. The minimum absolute atomic E-state index is 0.0350. The number of nitrogens with two attached hydrogens (primary N) is 1. The van der Waals surface area contributed by atoms with Crippen LogP contribution in [0.4, 0.5) is 0 Å². The Bertz CT molecular complexity index is 503. The van der Waals surface area contributed by atoms with Crippen LogP contribution >= 0.6 is 11.3 Å². The lowest BCUT2D eigenvalue weighted by Gasteiger charge is -2.35. The van der Waals surface area contributed by atoms with Crippen molar-refractivity contribution in [2.24, 2.45) is 5.73 Å². The molecule has 1 unspecified atom stereocenters. The van der Waals surface area contributed by atoms with Crippen LogP contribution < -0.4 is 11.1 Å². The van der Waals surface area contributed by atoms with Gasteiger partial charge in [0.1, 0.15) is 4.88 Å². The maximum Gasteiger partial charge on any atom is 0.266 e. The quantitative estimate of drug-likeness (QED) is 0.846. The van der Waals surface area contributed by atoms with E-state index in [1.54, 1.807) is 5.51 Å². The highest BCUT2D eigenvalue weighted by Crippen LogP contribution is 2.22. The first kappa shape index (κ1) is 15.9. The molecule has 0 bridgehead atoms. The summed E-state index contributed by atoms with van der Waals surface area (Å²) in [6.07, 6.45) is 3.35. The van der Waals surface area contributed by atoms with E-state index in [2.05, 4.69) is 10.3 Å². The number of aromatic nitrogens is 1. The van der Waals surface area contributed by atoms with Crippen molar-refractivity contribution in [2.45, 2.75) is 38.6 Å². The molecule has 0 aliphatic carbocycles. The van der Waals surface area contributed by atoms with Gasteiger partial charge >= 0.3 is 0 Å². The highest BCUT2D eigenvalue weighted by atomic mass is 32.1. The summed E-state index contributed by atoms with van der Waals surface area (Å²) in [5.41, 5.74) is 7.84. The van der Waals surface area contributed by atoms with E-state index in [9.17, 15) is 9.59 Å². The van der Waals surface area contributed by atoms with Crippen molar-refractivity contribution in [1.29, 1.82) is 0 Å². The van der Waals surface area contributed by atoms with Crippen molar-refractivity contribution in [1.82, 2.24) is 15.2 Å². The van der Waals surface area contributed by atoms with Crippen LogP contribution in [0, 0.1) is 6.92 Å². The van der Waals surface area contributed by atoms with E-state index in [1.165, 1.54) is 11.3 Å². The third kappa shape index (κ3) is 4.01. The molecule has 1 fully saturated rings. The zero-order valence-electron chi connectivity index (χ0n) is 12.3. The number of carbonyl (C=O) groups is 2. The summed E-state index contributed by atoms with van der Waals surface area (Å²) in [7, 11) is 0. The predicted octanol–water partition coefficient (Wildman–Crippen LogP) is 0.911. The molecule has 0 spiro atoms. The smallest absolute Gasteiger partial charge is 0.266 e. The number of amides is 2. The Morgan fingerprint density at radius 1 is 1.52 bits per heavy atom. The van der Waals surface area contributed by atoms with Crippen LogP contribution in [0.1, 0.15) is 41.0 Å². The largest absolute Gasteiger partial charge is 0.354 e. The van der Waals surface area contributed by atoms with Crippen molar-refractivity contribution in [3.05, 3.63) is 16.1 Å². The summed E-state index contributed by atoms with van der Waals surface area (Å²) in [4.78, 5) is 30.9. The third-order valence-electron chi connectivity index (χ3n) is 3.73. The molecule has 21 heavy (non-hydrogen) atoms. The van der Waals surface area contributed by atoms with E-state index in [1.807, 2.05) is 11.8 Å². The highest BCUT2D eigenvalue weighted by Gasteiger charge is 2.29. The van der Waals surface area contributed by atoms with Gasteiger partial charge in [-0.1, -0.05) is 0 Å². The number of rotatable bonds is 5. The van der Waals surface area contributed by atoms with Crippen LogP contribution in [-0.2, 0) is 4.79 Å². The monoisotopic (exact) mass is 310 g/mol. The number of aryl methyl sites for hydroxylation is 1. The van der Waals surface area contributed by atoms with Gasteiger partial charge in [0.05, 0.1) is 11.2 Å². The second-order valence-electron chi connectivity index (χ2n) is 5.26. The number of hydrogen-bond acceptors (Lipinski definition) is 5. The number of nitrogens with zero attached hydrogens (tertiary/aromatic N) is 2. The van der Waals surface area contributed by atoms with Gasteiger partial charge in [0.2, 0.25) is 5.91 Å². The molecule has 1 atom stereocenters. The zero-order valence-corrected chi connectivity index (χ0v) is 13.1. The lowest BCUT2D eigenvalue weighted by molar-refractivity contribution is -0.121. The van der Waals surface area contributed by atoms with Gasteiger partial charge in [-0.3, -0.25) is 9.59 Å². The first-order valence-corrected chi connectivity index (χ1v) is 8.19. The molecule has 2 heterocycles. The molecule has 7 heteroatoms. The summed E-state index contributed by atoms with van der Waals surface area (Å²) in [5.74, 6) is -0.0165. The average Bonchev–Trinajstić information content (AvgIpc) is 2.91. The maximum atomic E-state index is 12.6. The third-order valence-corrected chi connectivity index (χ3v) is 4.65. The summed E-state index contributed by atoms with van der Waals surface area (Å²) >= 11 is 1.38. The fraction of sp³-hybridized carbons (Fsp3) is 0.643. The van der Waals surface area contributed by atoms with Gasteiger partial charge in [-0.15, -0.1) is 11.3 Å². The number of piperidine rings is 1. The molecule has 1 aromatic rings. The standard InChI is InChI=1S/C14H22N4O2S/c1-10-13(21-9-17-10)14(20)18-7-3-2-4-11(18)8-16-12(19)5-6-15/h9,11H,2-8,15H2,1H3,(H,16,19). The van der Waals surface area contributed by atoms with Gasteiger partial charge < -0.3 is 16.0 Å². The van der Waals surface area contributed by atoms with Crippen LogP contribution in [-0.4, -0.2) is 47.4 Å². The van der Waals surface area contributed by atoms with Crippen LogP contribution in [0.25, 0.3) is 0 Å². The van der Waals surface area contributed by atoms with E-state index >= 15 is 0 Å². The molecule has 0 aromatic carbocycles. The molecule has 0 saturated carbocycles. The van der Waals surface area contributed by atoms with Gasteiger partial charge in [-0.2, -0.15) is 0 Å². The lowest BCUT2D eigenvalue weighted by atomic mass is 10.0. The Labute approximate surface area is 128 Å². The fourth-order valence-electron chi connectivity index (χ4n) is 2.57. The van der Waals surface area contributed by atoms with Crippen molar-refractivity contribution in [2.75, 3.05) is 19.6 Å². The van der Waals surface area contributed by atoms with Gasteiger partial charge in [-0.25, -0.2) is 4.98 Å². The molecule has 1 saturated heterocycles. The van der Waals surface area contributed by atoms with Crippen LogP contribution in [0.2, 0.25) is 0 Å². The topological polar surface area (TPSA) is 88.3 Å². The Morgan fingerprint density at radius 3 is 3.00 bits per heavy atom. The maximum absolute atomic E-state index is 12.6. The number of likely N-dealkylation sites (tertiary alicyclic amines) is 1. The molecule has 6 nitrogen and oxygen atoms in total. The summed E-state index contributed by atoms with van der Waals surface area (Å²) in [5, 5.41) is 2.87. The predicted molar refractivity (Wildman–Crippen MR) is 82.2 cm³/mol. The molecule has 3 N–H and O–H groups in total. The molecular weight excluding hydrogens is 288 g/mol. The van der Waals surface area contributed by atoms with E-state index in [4.69, 9.17) is 5.73 Å². The SMILES string of the molecule is Cc1ncsc1C(=O)N1CCCCC1CNC(=O)CCN. The summed E-state index contributed by atoms with van der Waals surface area (Å²) < 4.78 is 0. The van der Waals surface area contributed by atoms with Crippen LogP contribution in [0.5, 0.6) is 0 Å². The molecule has 2 amide bonds. The van der Waals surface area contributed by atoms with E-state index < -0.39 is 0 Å². The first-order valence-electron chi connectivity index (χ1n) is 7.31. The van der Waals surface area contributed by atoms with Crippen molar-refractivity contribution in [3.63, 3.8) is 0 Å². The van der Waals surface area contributed by atoms with Crippen molar-refractivity contribution < 1.29 is 9.59 Å². The summed E-state index contributed by atoms with van der Waals surface area (Å²) in [6, 6.07) is 0.0643. The number of thiazole rings is 1. The number of nitrogens with one attached hydrogen (secondary N) is 1. The van der Waals surface area contributed by atoms with E-state index in [0.29, 0.717) is 24.4 Å². The van der Waals surface area contributed by atoms with Crippen LogP contribution in [0.15, 0.2) is 5.51 Å². The average molecular weight is 310 g/mol. The minimum atomic E-state index is -0.0514. The van der Waals surface area contributed by atoms with Gasteiger partial charge in [0, 0.05) is 32.1 Å². The molecule has 1 aliphatic heterocycles. The Morgan fingerprint density at radius 2 is 2.33 bits per heavy atom. The van der Waals surface area contributed by atoms with Crippen LogP contribution in [0.3, 0.4) is 0 Å². The normalized spacial score (nSPS) is 18.6. The highest BCUT2D eigenvalue weighted by molar-refractivity contribution is 7.11. The second-order valence-corrected chi connectivity index (χ2v) is 6.11. The summed E-state index contributed by atoms with van der Waals surface area (Å²) in [6.45, 7) is 3.45. The second kappa shape index (κ2) is 7.51. The molecule has 1 aromatic heterocycles. The van der Waals surface area contributed by atoms with Gasteiger partial charge in [-0.05, 0) is 26.2 Å². The fourth-order valence-corrected chi connectivity index (χ4v) is 3.33. The van der Waals surface area contributed by atoms with E-state index in [0.717, 1.165) is 31.5 Å². The lowest BCUT2D eigenvalue weighted by Crippen LogP contribution is -2.49. The molecule has 2 rings (SSSR count). The Balaban J connectivity index is 2.00. The van der Waals surface area contributed by atoms with E-state index in [-0.39, 0.29) is 17.9 Å². The van der Waals surface area contributed by atoms with Gasteiger partial charge in [0.15, 0.2) is 0 Å². The minimum Gasteiger partial charge on any atom is -0.354 e. The number of carbonyl (C=O) groups excluding carboxylic acids is 2. The van der Waals surface area contributed by atoms with Gasteiger partial charge in [0.25, 0.3) is 5.91 Å². The molecular formula is C14H22N4O2S. The molecule has 1 aliphatic rings. The Hall–Kier alpha value is -1.47. The molecule has 0 radical (unpaired) electrons. The molecule has 116 valence electrons. The number of hydrogen-bond donors (Lipinski definition) is 2. The first-order chi connectivity index (χ1) is 10.1.